The van der Waals surface area contributed by atoms with E-state index in [1.54, 1.807) is 31.2 Å². The van der Waals surface area contributed by atoms with Crippen LogP contribution in [0.2, 0.25) is 0 Å². The molecule has 0 fully saturated rings. The summed E-state index contributed by atoms with van der Waals surface area (Å²) >= 11 is 0. The second-order valence-electron chi connectivity index (χ2n) is 3.86. The van der Waals surface area contributed by atoms with Crippen LogP contribution in [0.25, 0.3) is 0 Å². The second-order valence-corrected chi connectivity index (χ2v) is 3.86. The summed E-state index contributed by atoms with van der Waals surface area (Å²) in [5.74, 6) is 0.269. The molecule has 1 heterocycles. The molecule has 0 aliphatic rings. The quantitative estimate of drug-likeness (QED) is 0.473. The van der Waals surface area contributed by atoms with Crippen molar-refractivity contribution < 1.29 is 18.7 Å². The monoisotopic (exact) mass is 244 g/mol. The molecule has 0 aliphatic carbocycles. The molecule has 2 rings (SSSR count). The van der Waals surface area contributed by atoms with Crippen molar-refractivity contribution in [3.05, 3.63) is 53.5 Å². The summed E-state index contributed by atoms with van der Waals surface area (Å²) in [5.41, 5.74) is 0.882. The van der Waals surface area contributed by atoms with Crippen LogP contribution in [0, 0.1) is 6.92 Å². The van der Waals surface area contributed by atoms with Crippen molar-refractivity contribution in [3.63, 3.8) is 0 Å². The van der Waals surface area contributed by atoms with E-state index >= 15 is 0 Å². The average Bonchev–Trinajstić information content (AvgIpc) is 2.76. The summed E-state index contributed by atoms with van der Waals surface area (Å²) in [4.78, 5) is 23.0. The Balaban J connectivity index is 2.20. The zero-order chi connectivity index (χ0) is 13.1. The normalized spacial score (nSPS) is 10.1. The minimum absolute atomic E-state index is 0.0765. The first-order valence-electron chi connectivity index (χ1n) is 5.45. The maximum atomic E-state index is 11.8. The van der Waals surface area contributed by atoms with Gasteiger partial charge in [-0.2, -0.15) is 0 Å². The first-order chi connectivity index (χ1) is 8.58. The summed E-state index contributed by atoms with van der Waals surface area (Å²) < 4.78 is 10.2. The van der Waals surface area contributed by atoms with E-state index in [0.717, 1.165) is 0 Å². The van der Waals surface area contributed by atoms with Crippen LogP contribution in [0.3, 0.4) is 0 Å². The highest BCUT2D eigenvalue weighted by molar-refractivity contribution is 5.95. The number of ether oxygens (including phenoxy) is 1. The largest absolute Gasteiger partial charge is 0.469 e. The van der Waals surface area contributed by atoms with E-state index in [9.17, 15) is 9.59 Å². The van der Waals surface area contributed by atoms with Crippen molar-refractivity contribution >= 4 is 11.8 Å². The topological polar surface area (TPSA) is 56.5 Å². The van der Waals surface area contributed by atoms with E-state index in [0.29, 0.717) is 22.6 Å². The number of hydrogen-bond donors (Lipinski definition) is 0. The van der Waals surface area contributed by atoms with Crippen molar-refractivity contribution in [1.82, 2.24) is 0 Å². The molecule has 1 aromatic carbocycles. The first-order valence-corrected chi connectivity index (χ1v) is 5.45. The van der Waals surface area contributed by atoms with Crippen molar-refractivity contribution in [2.45, 2.75) is 13.8 Å². The van der Waals surface area contributed by atoms with E-state index in [1.165, 1.54) is 19.3 Å². The van der Waals surface area contributed by atoms with Gasteiger partial charge in [0, 0.05) is 5.56 Å². The van der Waals surface area contributed by atoms with E-state index in [4.69, 9.17) is 9.15 Å². The fourth-order valence-electron chi connectivity index (χ4n) is 1.54. The number of rotatable bonds is 3. The molecule has 4 heteroatoms. The molecule has 18 heavy (non-hydrogen) atoms. The number of furan rings is 1. The second kappa shape index (κ2) is 4.87. The minimum atomic E-state index is -0.498. The van der Waals surface area contributed by atoms with Crippen LogP contribution in [-0.2, 0) is 0 Å². The Morgan fingerprint density at radius 1 is 1.22 bits per heavy atom. The molecule has 1 aromatic heterocycles. The van der Waals surface area contributed by atoms with E-state index in [2.05, 4.69) is 0 Å². The van der Waals surface area contributed by atoms with Crippen LogP contribution in [-0.4, -0.2) is 11.8 Å². The Labute approximate surface area is 104 Å². The van der Waals surface area contributed by atoms with Gasteiger partial charge in [0.1, 0.15) is 17.1 Å². The van der Waals surface area contributed by atoms with Gasteiger partial charge in [-0.25, -0.2) is 4.79 Å². The van der Waals surface area contributed by atoms with Gasteiger partial charge in [-0.3, -0.25) is 4.79 Å². The first kappa shape index (κ1) is 12.1. The van der Waals surface area contributed by atoms with Gasteiger partial charge in [-0.15, -0.1) is 0 Å². The Morgan fingerprint density at radius 2 is 2.00 bits per heavy atom. The molecule has 92 valence electrons. The van der Waals surface area contributed by atoms with E-state index in [1.807, 2.05) is 0 Å². The number of ketones is 1. The number of hydrogen-bond acceptors (Lipinski definition) is 4. The molecule has 0 unspecified atom stereocenters. The predicted octanol–water partition coefficient (Wildman–Crippen LogP) is 3.01. The predicted molar refractivity (Wildman–Crippen MR) is 64.9 cm³/mol. The van der Waals surface area contributed by atoms with Crippen molar-refractivity contribution in [2.24, 2.45) is 0 Å². The number of carbonyl (C=O) groups is 2. The lowest BCUT2D eigenvalue weighted by atomic mass is 10.1. The van der Waals surface area contributed by atoms with Crippen molar-refractivity contribution in [3.8, 4) is 5.75 Å². The molecule has 0 atom stereocenters. The molecular weight excluding hydrogens is 232 g/mol. The zero-order valence-corrected chi connectivity index (χ0v) is 10.1. The number of carbonyl (C=O) groups excluding carboxylic acids is 2. The van der Waals surface area contributed by atoms with Gasteiger partial charge in [-0.05, 0) is 32.0 Å². The highest BCUT2D eigenvalue weighted by Gasteiger charge is 2.14. The summed E-state index contributed by atoms with van der Waals surface area (Å²) in [6, 6.07) is 8.05. The van der Waals surface area contributed by atoms with Gasteiger partial charge in [0.2, 0.25) is 0 Å². The van der Waals surface area contributed by atoms with Gasteiger partial charge in [0.05, 0.1) is 6.26 Å². The SMILES string of the molecule is CC(=O)c1cccc(OC(=O)c2ccoc2C)c1. The molecule has 0 N–H and O–H groups in total. The molecule has 4 nitrogen and oxygen atoms in total. The van der Waals surface area contributed by atoms with E-state index < -0.39 is 5.97 Å². The fourth-order valence-corrected chi connectivity index (χ4v) is 1.54. The maximum Gasteiger partial charge on any atom is 0.347 e. The molecule has 0 radical (unpaired) electrons. The number of aryl methyl sites for hydroxylation is 1. The maximum absolute atomic E-state index is 11.8. The zero-order valence-electron chi connectivity index (χ0n) is 10.1. The van der Waals surface area contributed by atoms with Crippen molar-refractivity contribution in [2.75, 3.05) is 0 Å². The van der Waals surface area contributed by atoms with Gasteiger partial charge in [0.25, 0.3) is 0 Å². The Hall–Kier alpha value is -2.36. The number of esters is 1. The number of benzene rings is 1. The molecule has 0 bridgehead atoms. The Bertz CT molecular complexity index is 595. The van der Waals surface area contributed by atoms with Crippen LogP contribution in [0.5, 0.6) is 5.75 Å². The summed E-state index contributed by atoms with van der Waals surface area (Å²) in [5, 5.41) is 0. The molecular formula is C14H12O4. The fraction of sp³-hybridized carbons (Fsp3) is 0.143. The number of Topliss-reactive ketones (excluding diaryl/α,β-unsaturated/α-hetero) is 1. The highest BCUT2D eigenvalue weighted by Crippen LogP contribution is 2.17. The minimum Gasteiger partial charge on any atom is -0.469 e. The average molecular weight is 244 g/mol. The molecule has 2 aromatic rings. The standard InChI is InChI=1S/C14H12O4/c1-9(15)11-4-3-5-12(8-11)18-14(16)13-6-7-17-10(13)2/h3-8H,1-2H3. The summed E-state index contributed by atoms with van der Waals surface area (Å²) in [7, 11) is 0. The van der Waals surface area contributed by atoms with Crippen LogP contribution < -0.4 is 4.74 Å². The summed E-state index contributed by atoms with van der Waals surface area (Å²) in [6.07, 6.45) is 1.43. The van der Waals surface area contributed by atoms with Crippen molar-refractivity contribution in [1.29, 1.82) is 0 Å². The highest BCUT2D eigenvalue weighted by atomic mass is 16.5. The van der Waals surface area contributed by atoms with Crippen LogP contribution in [0.1, 0.15) is 33.4 Å². The molecule has 0 saturated heterocycles. The third-order valence-electron chi connectivity index (χ3n) is 2.53. The van der Waals surface area contributed by atoms with Crippen LogP contribution in [0.4, 0.5) is 0 Å². The van der Waals surface area contributed by atoms with Gasteiger partial charge >= 0.3 is 5.97 Å². The van der Waals surface area contributed by atoms with Gasteiger partial charge in [-0.1, -0.05) is 12.1 Å². The lowest BCUT2D eigenvalue weighted by Gasteiger charge is -2.04. The Morgan fingerprint density at radius 3 is 2.61 bits per heavy atom. The van der Waals surface area contributed by atoms with E-state index in [-0.39, 0.29) is 5.78 Å². The summed E-state index contributed by atoms with van der Waals surface area (Å²) in [6.45, 7) is 3.14. The van der Waals surface area contributed by atoms with Gasteiger partial charge < -0.3 is 9.15 Å². The molecule has 0 spiro atoms. The lowest BCUT2D eigenvalue weighted by molar-refractivity contribution is 0.0732. The lowest BCUT2D eigenvalue weighted by Crippen LogP contribution is -2.09. The molecule has 0 amide bonds. The Kier molecular flexibility index (Phi) is 3.28. The van der Waals surface area contributed by atoms with Gasteiger partial charge in [0.15, 0.2) is 5.78 Å². The molecule has 0 saturated carbocycles. The molecule has 0 aliphatic heterocycles. The smallest absolute Gasteiger partial charge is 0.347 e. The van der Waals surface area contributed by atoms with Crippen LogP contribution >= 0.6 is 0 Å². The third-order valence-corrected chi connectivity index (χ3v) is 2.53. The van der Waals surface area contributed by atoms with Crippen LogP contribution in [0.15, 0.2) is 41.0 Å². The third kappa shape index (κ3) is 2.48.